The molecule has 1 aromatic carbocycles. The molecule has 3 aliphatic rings. The summed E-state index contributed by atoms with van der Waals surface area (Å²) >= 11 is 6.28. The molecule has 6 rings (SSSR count). The van der Waals surface area contributed by atoms with Crippen molar-refractivity contribution in [2.75, 3.05) is 12.8 Å². The number of halogens is 1. The molecule has 0 saturated carbocycles. The summed E-state index contributed by atoms with van der Waals surface area (Å²) in [6.45, 7) is 3.81. The SMILES string of the molecule is COC1Cc2cc(Cl)ccc2[C@H]([C@H]2O[C@@H](n3ccc4c(N)ncnc43)[C@@H]3OC(C)(C)OC32)O1. The largest absolute Gasteiger partial charge is 0.383 e. The van der Waals surface area contributed by atoms with Gasteiger partial charge >= 0.3 is 0 Å². The Bertz CT molecular complexity index is 1220. The van der Waals surface area contributed by atoms with Gasteiger partial charge in [0.1, 0.15) is 42.2 Å². The Morgan fingerprint density at radius 3 is 2.76 bits per heavy atom. The Kier molecular flexibility index (Phi) is 4.92. The first kappa shape index (κ1) is 21.3. The number of anilines is 1. The van der Waals surface area contributed by atoms with Crippen LogP contribution >= 0.6 is 11.6 Å². The van der Waals surface area contributed by atoms with E-state index < -0.39 is 30.5 Å². The fourth-order valence-corrected chi connectivity index (χ4v) is 5.35. The first-order valence-corrected chi connectivity index (χ1v) is 11.3. The van der Waals surface area contributed by atoms with Crippen LogP contribution in [0, 0.1) is 0 Å². The van der Waals surface area contributed by atoms with Gasteiger partial charge in [-0.15, -0.1) is 0 Å². The number of benzene rings is 1. The Balaban J connectivity index is 1.42. The zero-order valence-corrected chi connectivity index (χ0v) is 19.2. The third-order valence-corrected chi connectivity index (χ3v) is 6.77. The fraction of sp³-hybridized carbons (Fsp3) is 0.478. The number of nitrogen functional groups attached to an aromatic ring is 1. The maximum absolute atomic E-state index is 6.63. The molecule has 3 aliphatic heterocycles. The number of fused-ring (bicyclic) bond motifs is 3. The standard InChI is InChI=1S/C23H25ClN4O5/c1-23(2)32-18-17(16-13-5-4-12(24)8-11(13)9-15(29-3)30-16)31-22(19(18)33-23)28-7-6-14-20(25)26-10-27-21(14)28/h4-8,10,15-19,22H,9H2,1-3H3,(H2,25,26,27)/t15?,16-,17-,18?,19-,22-/m1/s1. The number of nitrogens with two attached hydrogens (primary N) is 1. The average molecular weight is 473 g/mol. The molecule has 9 nitrogen and oxygen atoms in total. The second kappa shape index (κ2) is 7.63. The van der Waals surface area contributed by atoms with E-state index in [1.807, 2.05) is 48.9 Å². The molecule has 0 spiro atoms. The third kappa shape index (κ3) is 3.42. The minimum Gasteiger partial charge on any atom is -0.383 e. The lowest BCUT2D eigenvalue weighted by Crippen LogP contribution is -2.40. The number of aromatic nitrogens is 3. The van der Waals surface area contributed by atoms with E-state index in [4.69, 9.17) is 41.0 Å². The monoisotopic (exact) mass is 472 g/mol. The van der Waals surface area contributed by atoms with Crippen LogP contribution in [0.5, 0.6) is 0 Å². The molecule has 2 fully saturated rings. The number of rotatable bonds is 3. The highest BCUT2D eigenvalue weighted by molar-refractivity contribution is 6.30. The van der Waals surface area contributed by atoms with Crippen molar-refractivity contribution < 1.29 is 23.7 Å². The van der Waals surface area contributed by atoms with Gasteiger partial charge in [0.2, 0.25) is 0 Å². The molecule has 2 unspecified atom stereocenters. The van der Waals surface area contributed by atoms with E-state index in [-0.39, 0.29) is 12.2 Å². The van der Waals surface area contributed by atoms with Crippen LogP contribution in [0.1, 0.15) is 37.3 Å². The predicted molar refractivity (Wildman–Crippen MR) is 119 cm³/mol. The predicted octanol–water partition coefficient (Wildman–Crippen LogP) is 3.37. The van der Waals surface area contributed by atoms with Gasteiger partial charge in [0, 0.05) is 24.8 Å². The van der Waals surface area contributed by atoms with Crippen molar-refractivity contribution in [3.05, 3.63) is 52.9 Å². The Hall–Kier alpha value is -2.27. The summed E-state index contributed by atoms with van der Waals surface area (Å²) in [6, 6.07) is 7.69. The summed E-state index contributed by atoms with van der Waals surface area (Å²) in [6.07, 6.45) is 1.42. The summed E-state index contributed by atoms with van der Waals surface area (Å²) in [7, 11) is 1.63. The molecule has 0 amide bonds. The molecule has 3 aromatic rings. The molecule has 0 aliphatic carbocycles. The van der Waals surface area contributed by atoms with Crippen LogP contribution in [0.4, 0.5) is 5.82 Å². The lowest BCUT2D eigenvalue weighted by molar-refractivity contribution is -0.237. The van der Waals surface area contributed by atoms with E-state index in [9.17, 15) is 0 Å². The summed E-state index contributed by atoms with van der Waals surface area (Å²) < 4.78 is 33.1. The molecular formula is C23H25ClN4O5. The van der Waals surface area contributed by atoms with Gasteiger partial charge in [-0.1, -0.05) is 17.7 Å². The minimum atomic E-state index is -0.773. The number of hydrogen-bond donors (Lipinski definition) is 1. The van der Waals surface area contributed by atoms with E-state index in [0.717, 1.165) is 16.5 Å². The van der Waals surface area contributed by atoms with Crippen molar-refractivity contribution in [3.8, 4) is 0 Å². The summed E-state index contributed by atoms with van der Waals surface area (Å²) in [5.41, 5.74) is 8.80. The summed E-state index contributed by atoms with van der Waals surface area (Å²) in [5.74, 6) is -0.358. The lowest BCUT2D eigenvalue weighted by Gasteiger charge is -2.36. The first-order chi connectivity index (χ1) is 15.8. The zero-order valence-electron chi connectivity index (χ0n) is 18.5. The second-order valence-electron chi connectivity index (χ2n) is 9.04. The Labute approximate surface area is 195 Å². The van der Waals surface area contributed by atoms with E-state index in [1.165, 1.54) is 6.33 Å². The molecule has 6 atom stereocenters. The van der Waals surface area contributed by atoms with Gasteiger partial charge in [0.25, 0.3) is 0 Å². The minimum absolute atomic E-state index is 0.370. The summed E-state index contributed by atoms with van der Waals surface area (Å²) in [4.78, 5) is 8.52. The molecule has 0 radical (unpaired) electrons. The Morgan fingerprint density at radius 2 is 1.94 bits per heavy atom. The molecule has 0 bridgehead atoms. The van der Waals surface area contributed by atoms with Gasteiger partial charge in [-0.25, -0.2) is 9.97 Å². The maximum atomic E-state index is 6.63. The first-order valence-electron chi connectivity index (χ1n) is 10.9. The molecule has 33 heavy (non-hydrogen) atoms. The smallest absolute Gasteiger partial charge is 0.164 e. The van der Waals surface area contributed by atoms with Crippen molar-refractivity contribution in [1.82, 2.24) is 14.5 Å². The van der Waals surface area contributed by atoms with Gasteiger partial charge in [-0.3, -0.25) is 0 Å². The van der Waals surface area contributed by atoms with Crippen molar-refractivity contribution >= 4 is 28.5 Å². The van der Waals surface area contributed by atoms with Crippen LogP contribution in [-0.4, -0.2) is 52.0 Å². The van der Waals surface area contributed by atoms with Crippen LogP contribution in [0.3, 0.4) is 0 Å². The maximum Gasteiger partial charge on any atom is 0.164 e. The number of methoxy groups -OCH3 is 1. The van der Waals surface area contributed by atoms with Crippen LogP contribution < -0.4 is 5.73 Å². The van der Waals surface area contributed by atoms with Crippen LogP contribution in [0.25, 0.3) is 11.0 Å². The van der Waals surface area contributed by atoms with Crippen molar-refractivity contribution in [3.63, 3.8) is 0 Å². The molecule has 174 valence electrons. The van der Waals surface area contributed by atoms with Crippen molar-refractivity contribution in [1.29, 1.82) is 0 Å². The van der Waals surface area contributed by atoms with Gasteiger partial charge in [0.05, 0.1) is 5.39 Å². The highest BCUT2D eigenvalue weighted by Gasteiger charge is 2.59. The fourth-order valence-electron chi connectivity index (χ4n) is 5.16. The number of nitrogens with zero attached hydrogens (tertiary/aromatic N) is 3. The number of ether oxygens (including phenoxy) is 5. The highest BCUT2D eigenvalue weighted by Crippen LogP contribution is 2.49. The normalized spacial score (nSPS) is 32.7. The third-order valence-electron chi connectivity index (χ3n) is 6.54. The van der Waals surface area contributed by atoms with Gasteiger partial charge in [0.15, 0.2) is 18.3 Å². The Morgan fingerprint density at radius 1 is 1.12 bits per heavy atom. The molecule has 2 N–H and O–H groups in total. The molecular weight excluding hydrogens is 448 g/mol. The van der Waals surface area contributed by atoms with Gasteiger partial charge in [-0.05, 0) is 43.2 Å². The average Bonchev–Trinajstić information content (AvgIpc) is 3.44. The van der Waals surface area contributed by atoms with Crippen LogP contribution in [0.15, 0.2) is 36.8 Å². The lowest BCUT2D eigenvalue weighted by atomic mass is 9.91. The summed E-state index contributed by atoms with van der Waals surface area (Å²) in [5, 5.41) is 1.43. The van der Waals surface area contributed by atoms with Crippen molar-refractivity contribution in [2.45, 2.75) is 63.0 Å². The van der Waals surface area contributed by atoms with Crippen LogP contribution in [0.2, 0.25) is 5.02 Å². The number of hydrogen-bond acceptors (Lipinski definition) is 8. The topological polar surface area (TPSA) is 103 Å². The van der Waals surface area contributed by atoms with Gasteiger partial charge in [-0.2, -0.15) is 0 Å². The molecule has 2 aromatic heterocycles. The quantitative estimate of drug-likeness (QED) is 0.619. The zero-order chi connectivity index (χ0) is 22.9. The van der Waals surface area contributed by atoms with E-state index in [0.29, 0.717) is 22.9 Å². The second-order valence-corrected chi connectivity index (χ2v) is 9.48. The molecule has 10 heteroatoms. The molecule has 2 saturated heterocycles. The van der Waals surface area contributed by atoms with E-state index >= 15 is 0 Å². The van der Waals surface area contributed by atoms with Gasteiger partial charge < -0.3 is 34.0 Å². The molecule has 5 heterocycles. The van der Waals surface area contributed by atoms with Crippen molar-refractivity contribution in [2.24, 2.45) is 0 Å². The van der Waals surface area contributed by atoms with E-state index in [1.54, 1.807) is 7.11 Å². The highest BCUT2D eigenvalue weighted by atomic mass is 35.5. The van der Waals surface area contributed by atoms with E-state index in [2.05, 4.69) is 9.97 Å². The van der Waals surface area contributed by atoms with Crippen LogP contribution in [-0.2, 0) is 30.1 Å².